The number of carbonyl (C=O) groups is 2. The van der Waals surface area contributed by atoms with Crippen molar-refractivity contribution in [2.24, 2.45) is 11.8 Å². The lowest BCUT2D eigenvalue weighted by Gasteiger charge is -2.31. The summed E-state index contributed by atoms with van der Waals surface area (Å²) in [5.41, 5.74) is 0. The number of amides is 2. The zero-order valence-electron chi connectivity index (χ0n) is 16.0. The zero-order valence-corrected chi connectivity index (χ0v) is 16.7. The van der Waals surface area contributed by atoms with Gasteiger partial charge in [-0.1, -0.05) is 43.7 Å². The summed E-state index contributed by atoms with van der Waals surface area (Å²) in [6.07, 6.45) is 12.6. The number of pyridine rings is 1. The topological polar surface area (TPSA) is 62.3 Å². The van der Waals surface area contributed by atoms with Crippen molar-refractivity contribution < 1.29 is 9.59 Å². The predicted octanol–water partition coefficient (Wildman–Crippen LogP) is 4.66. The Balaban J connectivity index is 1.35. The van der Waals surface area contributed by atoms with Gasteiger partial charge in [0, 0.05) is 31.6 Å². The second kappa shape index (κ2) is 10.1. The van der Waals surface area contributed by atoms with Crippen LogP contribution >= 0.6 is 11.6 Å². The molecule has 1 aromatic heterocycles. The van der Waals surface area contributed by atoms with Crippen LogP contribution in [0.1, 0.15) is 64.2 Å². The van der Waals surface area contributed by atoms with Crippen molar-refractivity contribution in [3.63, 3.8) is 0 Å². The fourth-order valence-electron chi connectivity index (χ4n) is 4.25. The molecule has 148 valence electrons. The minimum absolute atomic E-state index is 0.0192. The van der Waals surface area contributed by atoms with Gasteiger partial charge in [0.1, 0.15) is 5.82 Å². The van der Waals surface area contributed by atoms with E-state index in [1.54, 1.807) is 12.1 Å². The largest absolute Gasteiger partial charge is 0.343 e. The molecule has 2 amide bonds. The van der Waals surface area contributed by atoms with E-state index in [1.807, 2.05) is 4.90 Å². The molecule has 2 aliphatic rings. The molecule has 6 heteroatoms. The van der Waals surface area contributed by atoms with Crippen LogP contribution in [-0.2, 0) is 9.59 Å². The maximum Gasteiger partial charge on any atom is 0.228 e. The lowest BCUT2D eigenvalue weighted by Crippen LogP contribution is -2.41. The van der Waals surface area contributed by atoms with Gasteiger partial charge in [0.25, 0.3) is 0 Å². The van der Waals surface area contributed by atoms with Crippen molar-refractivity contribution in [3.8, 4) is 0 Å². The second-order valence-electron chi connectivity index (χ2n) is 7.90. The first-order chi connectivity index (χ1) is 13.1. The number of hydrogen-bond donors (Lipinski definition) is 1. The first-order valence-electron chi connectivity index (χ1n) is 10.3. The van der Waals surface area contributed by atoms with Gasteiger partial charge in [-0.25, -0.2) is 4.98 Å². The summed E-state index contributed by atoms with van der Waals surface area (Å²) in [7, 11) is 0. The van der Waals surface area contributed by atoms with Crippen LogP contribution in [0.2, 0.25) is 5.02 Å². The Hall–Kier alpha value is -1.62. The summed E-state index contributed by atoms with van der Waals surface area (Å²) >= 11 is 5.81. The van der Waals surface area contributed by atoms with E-state index in [0.717, 1.165) is 12.3 Å². The van der Waals surface area contributed by atoms with Crippen LogP contribution in [-0.4, -0.2) is 34.8 Å². The highest BCUT2D eigenvalue weighted by atomic mass is 35.5. The SMILES string of the molecule is O=C(Nc1ccc(Cl)cn1)C1CCN(C(=O)CCCC2CCCCC2)CC1. The highest BCUT2D eigenvalue weighted by Gasteiger charge is 2.27. The molecule has 2 heterocycles. The molecule has 0 spiro atoms. The minimum Gasteiger partial charge on any atom is -0.343 e. The lowest BCUT2D eigenvalue weighted by molar-refractivity contribution is -0.134. The third-order valence-electron chi connectivity index (χ3n) is 5.92. The number of aromatic nitrogens is 1. The van der Waals surface area contributed by atoms with E-state index >= 15 is 0 Å². The summed E-state index contributed by atoms with van der Waals surface area (Å²) in [5.74, 6) is 1.53. The van der Waals surface area contributed by atoms with Gasteiger partial charge in [-0.05, 0) is 43.7 Å². The summed E-state index contributed by atoms with van der Waals surface area (Å²) in [6.45, 7) is 1.35. The predicted molar refractivity (Wildman–Crippen MR) is 108 cm³/mol. The molecular weight excluding hydrogens is 362 g/mol. The molecule has 0 unspecified atom stereocenters. The van der Waals surface area contributed by atoms with Crippen LogP contribution in [0.25, 0.3) is 0 Å². The Morgan fingerprint density at radius 3 is 2.52 bits per heavy atom. The number of hydrogen-bond acceptors (Lipinski definition) is 3. The van der Waals surface area contributed by atoms with Crippen LogP contribution in [0.4, 0.5) is 5.82 Å². The molecule has 1 aromatic rings. The zero-order chi connectivity index (χ0) is 19.1. The standard InChI is InChI=1S/C21H30ClN3O2/c22-18-9-10-19(23-15-18)24-21(27)17-11-13-25(14-12-17)20(26)8-4-7-16-5-2-1-3-6-16/h9-10,15-17H,1-8,11-14H2,(H,23,24,27). The van der Waals surface area contributed by atoms with Gasteiger partial charge < -0.3 is 10.2 Å². The van der Waals surface area contributed by atoms with Crippen LogP contribution in [0.15, 0.2) is 18.3 Å². The van der Waals surface area contributed by atoms with Crippen LogP contribution in [0.5, 0.6) is 0 Å². The maximum absolute atomic E-state index is 12.4. The van der Waals surface area contributed by atoms with Gasteiger partial charge in [0.2, 0.25) is 11.8 Å². The normalized spacial score (nSPS) is 19.1. The molecule has 0 radical (unpaired) electrons. The van der Waals surface area contributed by atoms with Crippen molar-refractivity contribution in [2.45, 2.75) is 64.2 Å². The average Bonchev–Trinajstić information content (AvgIpc) is 2.70. The third-order valence-corrected chi connectivity index (χ3v) is 6.15. The number of likely N-dealkylation sites (tertiary alicyclic amines) is 1. The average molecular weight is 392 g/mol. The van der Waals surface area contributed by atoms with E-state index in [1.165, 1.54) is 44.7 Å². The molecule has 27 heavy (non-hydrogen) atoms. The molecular formula is C21H30ClN3O2. The van der Waals surface area contributed by atoms with Gasteiger partial charge in [-0.3, -0.25) is 9.59 Å². The van der Waals surface area contributed by atoms with E-state index in [-0.39, 0.29) is 17.7 Å². The molecule has 1 N–H and O–H groups in total. The highest BCUT2D eigenvalue weighted by molar-refractivity contribution is 6.30. The molecule has 1 saturated heterocycles. The van der Waals surface area contributed by atoms with Crippen molar-refractivity contribution in [3.05, 3.63) is 23.4 Å². The van der Waals surface area contributed by atoms with Crippen molar-refractivity contribution in [1.29, 1.82) is 0 Å². The van der Waals surface area contributed by atoms with Crippen molar-refractivity contribution in [1.82, 2.24) is 9.88 Å². The van der Waals surface area contributed by atoms with E-state index in [9.17, 15) is 9.59 Å². The van der Waals surface area contributed by atoms with Gasteiger partial charge in [0.15, 0.2) is 0 Å². The van der Waals surface area contributed by atoms with Crippen molar-refractivity contribution in [2.75, 3.05) is 18.4 Å². The van der Waals surface area contributed by atoms with Crippen LogP contribution in [0.3, 0.4) is 0 Å². The first-order valence-corrected chi connectivity index (χ1v) is 10.7. The number of nitrogens with zero attached hydrogens (tertiary/aromatic N) is 2. The van der Waals surface area contributed by atoms with Gasteiger partial charge in [0.05, 0.1) is 5.02 Å². The lowest BCUT2D eigenvalue weighted by atomic mass is 9.86. The van der Waals surface area contributed by atoms with Gasteiger partial charge >= 0.3 is 0 Å². The van der Waals surface area contributed by atoms with Crippen LogP contribution in [0, 0.1) is 11.8 Å². The summed E-state index contributed by atoms with van der Waals surface area (Å²) in [4.78, 5) is 30.9. The number of anilines is 1. The summed E-state index contributed by atoms with van der Waals surface area (Å²) in [6, 6.07) is 3.41. The summed E-state index contributed by atoms with van der Waals surface area (Å²) in [5, 5.41) is 3.39. The molecule has 3 rings (SSSR count). The molecule has 5 nitrogen and oxygen atoms in total. The molecule has 0 aromatic carbocycles. The quantitative estimate of drug-likeness (QED) is 0.766. The number of piperidine rings is 1. The van der Waals surface area contributed by atoms with Gasteiger partial charge in [-0.15, -0.1) is 0 Å². The molecule has 1 saturated carbocycles. The highest BCUT2D eigenvalue weighted by Crippen LogP contribution is 2.28. The fraction of sp³-hybridized carbons (Fsp3) is 0.667. The van der Waals surface area contributed by atoms with Crippen LogP contribution < -0.4 is 5.32 Å². The maximum atomic E-state index is 12.4. The first kappa shape index (κ1) is 20.1. The Morgan fingerprint density at radius 2 is 1.85 bits per heavy atom. The number of rotatable bonds is 6. The fourth-order valence-corrected chi connectivity index (χ4v) is 4.36. The number of carbonyl (C=O) groups excluding carboxylic acids is 2. The van der Waals surface area contributed by atoms with E-state index < -0.39 is 0 Å². The molecule has 2 fully saturated rings. The van der Waals surface area contributed by atoms with E-state index in [2.05, 4.69) is 10.3 Å². The van der Waals surface area contributed by atoms with E-state index in [0.29, 0.717) is 43.2 Å². The van der Waals surface area contributed by atoms with E-state index in [4.69, 9.17) is 11.6 Å². The molecule has 0 atom stereocenters. The smallest absolute Gasteiger partial charge is 0.228 e. The molecule has 1 aliphatic heterocycles. The monoisotopic (exact) mass is 391 g/mol. The molecule has 1 aliphatic carbocycles. The second-order valence-corrected chi connectivity index (χ2v) is 8.34. The van der Waals surface area contributed by atoms with Gasteiger partial charge in [-0.2, -0.15) is 0 Å². The number of nitrogens with one attached hydrogen (secondary N) is 1. The minimum atomic E-state index is -0.0613. The molecule has 0 bridgehead atoms. The third kappa shape index (κ3) is 6.20. The summed E-state index contributed by atoms with van der Waals surface area (Å²) < 4.78 is 0. The Labute approximate surface area is 166 Å². The Kier molecular flexibility index (Phi) is 7.50. The van der Waals surface area contributed by atoms with Crippen molar-refractivity contribution >= 4 is 29.2 Å². The Morgan fingerprint density at radius 1 is 1.11 bits per heavy atom. The number of halogens is 1. The Bertz CT molecular complexity index is 621.